The van der Waals surface area contributed by atoms with Crippen molar-refractivity contribution in [2.24, 2.45) is 0 Å². The zero-order valence-electron chi connectivity index (χ0n) is 15.9. The highest BCUT2D eigenvalue weighted by Crippen LogP contribution is 2.30. The fourth-order valence-corrected chi connectivity index (χ4v) is 4.40. The Morgan fingerprint density at radius 2 is 2.11 bits per heavy atom. The summed E-state index contributed by atoms with van der Waals surface area (Å²) in [5.41, 5.74) is 3.12. The number of likely N-dealkylation sites (N-methyl/N-ethyl adjacent to an activating group) is 1. The van der Waals surface area contributed by atoms with Gasteiger partial charge in [0, 0.05) is 39.4 Å². The van der Waals surface area contributed by atoms with Crippen molar-refractivity contribution >= 4 is 39.3 Å². The summed E-state index contributed by atoms with van der Waals surface area (Å²) in [5, 5.41) is 6.14. The minimum atomic E-state index is -0.180. The van der Waals surface area contributed by atoms with E-state index in [1.165, 1.54) is 12.8 Å². The molecular formula is C22H26ClN3O. The van der Waals surface area contributed by atoms with Crippen LogP contribution in [0.2, 0.25) is 5.02 Å². The quantitative estimate of drug-likeness (QED) is 0.672. The number of carbonyl (C=O) groups excluding carboxylic acids is 1. The van der Waals surface area contributed by atoms with Crippen molar-refractivity contribution in [2.75, 3.05) is 19.6 Å². The summed E-state index contributed by atoms with van der Waals surface area (Å²) in [4.78, 5) is 18.6. The van der Waals surface area contributed by atoms with Crippen LogP contribution in [0.5, 0.6) is 0 Å². The number of hydrogen-bond acceptors (Lipinski definition) is 2. The summed E-state index contributed by atoms with van der Waals surface area (Å²) >= 11 is 6.14. The number of aromatic nitrogens is 1. The van der Waals surface area contributed by atoms with Gasteiger partial charge in [-0.1, -0.05) is 30.7 Å². The highest BCUT2D eigenvalue weighted by Gasteiger charge is 2.24. The largest absolute Gasteiger partial charge is 0.355 e. The molecule has 0 radical (unpaired) electrons. The van der Waals surface area contributed by atoms with Crippen LogP contribution in [-0.4, -0.2) is 41.5 Å². The minimum absolute atomic E-state index is 0.0939. The number of rotatable bonds is 5. The Morgan fingerprint density at radius 3 is 2.93 bits per heavy atom. The first-order valence-electron chi connectivity index (χ1n) is 9.79. The molecule has 1 aliphatic rings. The van der Waals surface area contributed by atoms with Gasteiger partial charge in [0.05, 0.1) is 5.92 Å². The molecule has 0 bridgehead atoms. The van der Waals surface area contributed by atoms with E-state index in [1.54, 1.807) is 0 Å². The van der Waals surface area contributed by atoms with Crippen molar-refractivity contribution in [1.29, 1.82) is 0 Å². The van der Waals surface area contributed by atoms with Crippen LogP contribution < -0.4 is 5.32 Å². The van der Waals surface area contributed by atoms with Gasteiger partial charge in [-0.2, -0.15) is 0 Å². The van der Waals surface area contributed by atoms with E-state index in [2.05, 4.69) is 40.3 Å². The Labute approximate surface area is 164 Å². The fourth-order valence-electron chi connectivity index (χ4n) is 4.23. The molecule has 27 heavy (non-hydrogen) atoms. The zero-order valence-corrected chi connectivity index (χ0v) is 16.6. The predicted molar refractivity (Wildman–Crippen MR) is 113 cm³/mol. The van der Waals surface area contributed by atoms with Crippen LogP contribution in [0.1, 0.15) is 38.2 Å². The first-order chi connectivity index (χ1) is 13.1. The first kappa shape index (κ1) is 18.3. The summed E-state index contributed by atoms with van der Waals surface area (Å²) in [6.07, 6.45) is 2.40. The van der Waals surface area contributed by atoms with Gasteiger partial charge in [0.25, 0.3) is 0 Å². The smallest absolute Gasteiger partial charge is 0.227 e. The molecule has 142 valence electrons. The Hall–Kier alpha value is -2.04. The van der Waals surface area contributed by atoms with Crippen molar-refractivity contribution in [3.05, 3.63) is 47.0 Å². The lowest BCUT2D eigenvalue weighted by Gasteiger charge is -2.23. The van der Waals surface area contributed by atoms with Gasteiger partial charge in [-0.25, -0.2) is 0 Å². The second-order valence-electron chi connectivity index (χ2n) is 7.51. The van der Waals surface area contributed by atoms with Crippen LogP contribution in [0.15, 0.2) is 36.4 Å². The number of aromatic amines is 1. The molecule has 1 aromatic heterocycles. The number of H-pyrrole nitrogens is 1. The van der Waals surface area contributed by atoms with E-state index in [0.717, 1.165) is 52.0 Å². The maximum absolute atomic E-state index is 12.7. The molecule has 0 saturated carbocycles. The van der Waals surface area contributed by atoms with Gasteiger partial charge in [0.15, 0.2) is 0 Å². The third-order valence-electron chi connectivity index (χ3n) is 5.90. The molecular weight excluding hydrogens is 358 g/mol. The third kappa shape index (κ3) is 3.56. The van der Waals surface area contributed by atoms with Gasteiger partial charge in [0.2, 0.25) is 5.91 Å². The molecule has 5 heteroatoms. The first-order valence-corrected chi connectivity index (χ1v) is 10.2. The number of carbonyl (C=O) groups is 1. The molecule has 2 unspecified atom stereocenters. The standard InChI is InChI=1S/C22H26ClN3O/c1-3-26-10-4-5-17(26)13-24-22(27)14(2)15-6-8-18-19-12-16(23)7-9-20(19)25-21(18)11-15/h6-9,11-12,14,17,25H,3-5,10,13H2,1-2H3,(H,24,27). The van der Waals surface area contributed by atoms with Crippen molar-refractivity contribution < 1.29 is 4.79 Å². The number of nitrogens with one attached hydrogen (secondary N) is 2. The highest BCUT2D eigenvalue weighted by molar-refractivity contribution is 6.31. The number of amides is 1. The van der Waals surface area contributed by atoms with Crippen LogP contribution >= 0.6 is 11.6 Å². The lowest BCUT2D eigenvalue weighted by molar-refractivity contribution is -0.122. The number of benzene rings is 2. The Morgan fingerprint density at radius 1 is 1.26 bits per heavy atom. The molecule has 0 aliphatic carbocycles. The SMILES string of the molecule is CCN1CCCC1CNC(=O)C(C)c1ccc2c(c1)[nH]c1ccc(Cl)cc12. The topological polar surface area (TPSA) is 48.1 Å². The van der Waals surface area contributed by atoms with Crippen LogP contribution in [0, 0.1) is 0 Å². The zero-order chi connectivity index (χ0) is 19.0. The maximum atomic E-state index is 12.7. The van der Waals surface area contributed by atoms with Crippen molar-refractivity contribution in [3.63, 3.8) is 0 Å². The van der Waals surface area contributed by atoms with Crippen molar-refractivity contribution in [3.8, 4) is 0 Å². The van der Waals surface area contributed by atoms with E-state index in [4.69, 9.17) is 11.6 Å². The summed E-state index contributed by atoms with van der Waals surface area (Å²) in [7, 11) is 0. The van der Waals surface area contributed by atoms with E-state index < -0.39 is 0 Å². The molecule has 1 aliphatic heterocycles. The predicted octanol–water partition coefficient (Wildman–Crippen LogP) is 4.68. The Kier molecular flexibility index (Phi) is 5.11. The minimum Gasteiger partial charge on any atom is -0.355 e. The Bertz CT molecular complexity index is 980. The molecule has 3 aromatic rings. The van der Waals surface area contributed by atoms with Gasteiger partial charge < -0.3 is 10.3 Å². The number of halogens is 1. The fraction of sp³-hybridized carbons (Fsp3) is 0.409. The van der Waals surface area contributed by atoms with E-state index in [-0.39, 0.29) is 11.8 Å². The van der Waals surface area contributed by atoms with Gasteiger partial charge in [-0.15, -0.1) is 0 Å². The van der Waals surface area contributed by atoms with Crippen molar-refractivity contribution in [2.45, 2.75) is 38.6 Å². The number of fused-ring (bicyclic) bond motifs is 3. The summed E-state index contributed by atoms with van der Waals surface area (Å²) in [5.74, 6) is -0.0858. The molecule has 1 amide bonds. The lowest BCUT2D eigenvalue weighted by Crippen LogP contribution is -2.41. The number of hydrogen-bond donors (Lipinski definition) is 2. The summed E-state index contributed by atoms with van der Waals surface area (Å²) in [6, 6.07) is 12.6. The van der Waals surface area contributed by atoms with Crippen molar-refractivity contribution in [1.82, 2.24) is 15.2 Å². The van der Waals surface area contributed by atoms with Gasteiger partial charge in [-0.3, -0.25) is 9.69 Å². The van der Waals surface area contributed by atoms with Crippen LogP contribution in [0.4, 0.5) is 0 Å². The van der Waals surface area contributed by atoms with Gasteiger partial charge in [-0.05, 0) is 62.7 Å². The van der Waals surface area contributed by atoms with Crippen LogP contribution in [-0.2, 0) is 4.79 Å². The van der Waals surface area contributed by atoms with Gasteiger partial charge >= 0.3 is 0 Å². The maximum Gasteiger partial charge on any atom is 0.227 e. The third-order valence-corrected chi connectivity index (χ3v) is 6.13. The molecule has 1 fully saturated rings. The molecule has 4 nitrogen and oxygen atoms in total. The van der Waals surface area contributed by atoms with Gasteiger partial charge in [0.1, 0.15) is 0 Å². The Balaban J connectivity index is 1.50. The molecule has 4 rings (SSSR count). The second-order valence-corrected chi connectivity index (χ2v) is 7.95. The molecule has 0 spiro atoms. The number of nitrogens with zero attached hydrogens (tertiary/aromatic N) is 1. The summed E-state index contributed by atoms with van der Waals surface area (Å²) in [6.45, 7) is 7.10. The highest BCUT2D eigenvalue weighted by atomic mass is 35.5. The molecule has 1 saturated heterocycles. The number of likely N-dealkylation sites (tertiary alicyclic amines) is 1. The monoisotopic (exact) mass is 383 g/mol. The normalized spacial score (nSPS) is 19.0. The van der Waals surface area contributed by atoms with E-state index >= 15 is 0 Å². The average molecular weight is 384 g/mol. The average Bonchev–Trinajstić information content (AvgIpc) is 3.28. The van der Waals surface area contributed by atoms with E-state index in [1.807, 2.05) is 25.1 Å². The van der Waals surface area contributed by atoms with E-state index in [9.17, 15) is 4.79 Å². The molecule has 2 heterocycles. The lowest BCUT2D eigenvalue weighted by atomic mass is 9.98. The van der Waals surface area contributed by atoms with Crippen LogP contribution in [0.25, 0.3) is 21.8 Å². The molecule has 2 atom stereocenters. The van der Waals surface area contributed by atoms with Crippen LogP contribution in [0.3, 0.4) is 0 Å². The summed E-state index contributed by atoms with van der Waals surface area (Å²) < 4.78 is 0. The molecule has 2 aromatic carbocycles. The molecule has 2 N–H and O–H groups in total. The van der Waals surface area contributed by atoms with E-state index in [0.29, 0.717) is 6.04 Å². The second kappa shape index (κ2) is 7.53.